The van der Waals surface area contributed by atoms with Crippen LogP contribution in [-0.2, 0) is 16.8 Å². The third-order valence-corrected chi connectivity index (χ3v) is 5.83. The van der Waals surface area contributed by atoms with Crippen molar-refractivity contribution in [3.05, 3.63) is 20.8 Å². The molecule has 2 aliphatic heterocycles. The number of hydrogen-bond donors (Lipinski definition) is 0. The summed E-state index contributed by atoms with van der Waals surface area (Å²) in [6, 6.07) is 2.33. The minimum atomic E-state index is -0.101. The Balaban J connectivity index is 1.82. The van der Waals surface area contributed by atoms with E-state index in [4.69, 9.17) is 22.8 Å². The van der Waals surface area contributed by atoms with E-state index in [-0.39, 0.29) is 11.6 Å². The van der Waals surface area contributed by atoms with Gasteiger partial charge < -0.3 is 4.74 Å². The molecule has 102 valence electrons. The highest BCUT2D eigenvalue weighted by molar-refractivity contribution is 7.16. The maximum atomic E-state index is 6.18. The van der Waals surface area contributed by atoms with Crippen LogP contribution >= 0.6 is 22.9 Å². The maximum Gasteiger partial charge on any atom is 0.105 e. The summed E-state index contributed by atoms with van der Waals surface area (Å²) in [6.07, 6.45) is 8.54. The summed E-state index contributed by atoms with van der Waals surface area (Å²) < 4.78 is 7.06. The Morgan fingerprint density at radius 1 is 1.53 bits per heavy atom. The molecule has 1 aromatic rings. The summed E-state index contributed by atoms with van der Waals surface area (Å²) in [5, 5.41) is 0. The number of likely N-dealkylation sites (tertiary alicyclic amines) is 1. The smallest absolute Gasteiger partial charge is 0.105 e. The lowest BCUT2D eigenvalue weighted by molar-refractivity contribution is -0.0968. The second-order valence-corrected chi connectivity index (χ2v) is 7.06. The number of rotatable bonds is 1. The van der Waals surface area contributed by atoms with Crippen molar-refractivity contribution in [2.45, 2.75) is 37.8 Å². The average Bonchev–Trinajstić information content (AvgIpc) is 2.81. The largest absolute Gasteiger partial charge is 0.369 e. The third kappa shape index (κ3) is 2.32. The number of ether oxygens (including phenoxy) is 1. The van der Waals surface area contributed by atoms with Gasteiger partial charge in [-0.1, -0.05) is 17.5 Å². The van der Waals surface area contributed by atoms with Crippen molar-refractivity contribution < 1.29 is 4.74 Å². The lowest BCUT2D eigenvalue weighted by Gasteiger charge is -2.44. The van der Waals surface area contributed by atoms with E-state index < -0.39 is 0 Å². The van der Waals surface area contributed by atoms with Crippen molar-refractivity contribution in [2.24, 2.45) is 0 Å². The highest BCUT2D eigenvalue weighted by Gasteiger charge is 2.42. The Bertz CT molecular complexity index is 511. The van der Waals surface area contributed by atoms with Crippen LogP contribution in [0.15, 0.2) is 6.07 Å². The minimum Gasteiger partial charge on any atom is -0.369 e. The third-order valence-electron chi connectivity index (χ3n) is 4.34. The van der Waals surface area contributed by atoms with Crippen molar-refractivity contribution in [3.63, 3.8) is 0 Å². The van der Waals surface area contributed by atoms with E-state index in [0.717, 1.165) is 43.3 Å². The normalized spacial score (nSPS) is 23.8. The van der Waals surface area contributed by atoms with Crippen LogP contribution in [-0.4, -0.2) is 30.6 Å². The Kier molecular flexibility index (Phi) is 3.61. The van der Waals surface area contributed by atoms with E-state index >= 15 is 0 Å². The monoisotopic (exact) mass is 295 g/mol. The molecule has 1 aromatic heterocycles. The van der Waals surface area contributed by atoms with E-state index in [1.807, 2.05) is 0 Å². The topological polar surface area (TPSA) is 12.5 Å². The predicted molar refractivity (Wildman–Crippen MR) is 79.8 cm³/mol. The van der Waals surface area contributed by atoms with Gasteiger partial charge in [-0.2, -0.15) is 0 Å². The fourth-order valence-corrected chi connectivity index (χ4v) is 4.64. The summed E-state index contributed by atoms with van der Waals surface area (Å²) >= 11 is 7.87. The van der Waals surface area contributed by atoms with Gasteiger partial charge in [0.1, 0.15) is 5.60 Å². The first-order valence-corrected chi connectivity index (χ1v) is 7.97. The van der Waals surface area contributed by atoms with Crippen LogP contribution in [0.1, 0.15) is 30.2 Å². The molecule has 1 saturated heterocycles. The SMILES string of the molecule is C#CC(C)N1CCC2(CC1)OCCc1cc(Cl)sc12. The van der Waals surface area contributed by atoms with Gasteiger partial charge in [-0.3, -0.25) is 4.90 Å². The van der Waals surface area contributed by atoms with Crippen molar-refractivity contribution in [1.29, 1.82) is 0 Å². The minimum absolute atomic E-state index is 0.101. The average molecular weight is 296 g/mol. The lowest BCUT2D eigenvalue weighted by Crippen LogP contribution is -2.48. The van der Waals surface area contributed by atoms with E-state index in [9.17, 15) is 0 Å². The molecule has 0 aliphatic carbocycles. The molecule has 4 heteroatoms. The molecular formula is C15H18ClNOS. The van der Waals surface area contributed by atoms with Crippen LogP contribution in [0.3, 0.4) is 0 Å². The number of fused-ring (bicyclic) bond motifs is 2. The molecule has 1 atom stereocenters. The second kappa shape index (κ2) is 5.10. The molecule has 3 rings (SSSR count). The summed E-state index contributed by atoms with van der Waals surface area (Å²) in [7, 11) is 0. The molecule has 0 radical (unpaired) electrons. The Morgan fingerprint density at radius 3 is 2.95 bits per heavy atom. The van der Waals surface area contributed by atoms with Crippen LogP contribution in [0.5, 0.6) is 0 Å². The van der Waals surface area contributed by atoms with Crippen molar-refractivity contribution in [3.8, 4) is 12.3 Å². The molecule has 1 unspecified atom stereocenters. The van der Waals surface area contributed by atoms with Crippen molar-refractivity contribution in [1.82, 2.24) is 4.90 Å². The van der Waals surface area contributed by atoms with Crippen LogP contribution in [0.2, 0.25) is 4.34 Å². The van der Waals surface area contributed by atoms with Crippen LogP contribution in [0.25, 0.3) is 0 Å². The first-order chi connectivity index (χ1) is 9.14. The maximum absolute atomic E-state index is 6.18. The van der Waals surface area contributed by atoms with Crippen molar-refractivity contribution >= 4 is 22.9 Å². The standard InChI is InChI=1S/C15H18ClNOS/c1-3-11(2)17-7-5-15(6-8-17)14-12(4-9-18-15)10-13(16)19-14/h1,10-11H,4-9H2,2H3. The highest BCUT2D eigenvalue weighted by Crippen LogP contribution is 2.46. The molecule has 3 heterocycles. The fraction of sp³-hybridized carbons (Fsp3) is 0.600. The first-order valence-electron chi connectivity index (χ1n) is 6.77. The molecule has 0 saturated carbocycles. The Labute approximate surface area is 123 Å². The van der Waals surface area contributed by atoms with Gasteiger partial charge in [0, 0.05) is 18.0 Å². The van der Waals surface area contributed by atoms with Gasteiger partial charge in [0.05, 0.1) is 17.0 Å². The highest BCUT2D eigenvalue weighted by atomic mass is 35.5. The zero-order valence-corrected chi connectivity index (χ0v) is 12.7. The summed E-state index contributed by atoms with van der Waals surface area (Å²) in [5.41, 5.74) is 1.29. The summed E-state index contributed by atoms with van der Waals surface area (Å²) in [5.74, 6) is 2.82. The lowest BCUT2D eigenvalue weighted by atomic mass is 9.85. The van der Waals surface area contributed by atoms with E-state index in [1.54, 1.807) is 11.3 Å². The van der Waals surface area contributed by atoms with Gasteiger partial charge in [-0.05, 0) is 37.8 Å². The first kappa shape index (κ1) is 13.5. The van der Waals surface area contributed by atoms with E-state index in [0.29, 0.717) is 0 Å². The van der Waals surface area contributed by atoms with Crippen LogP contribution in [0.4, 0.5) is 0 Å². The van der Waals surface area contributed by atoms with Gasteiger partial charge in [0.2, 0.25) is 0 Å². The van der Waals surface area contributed by atoms with Gasteiger partial charge >= 0.3 is 0 Å². The number of hydrogen-bond acceptors (Lipinski definition) is 3. The zero-order valence-electron chi connectivity index (χ0n) is 11.1. The molecule has 0 amide bonds. The number of halogens is 1. The second-order valence-electron chi connectivity index (χ2n) is 5.38. The summed E-state index contributed by atoms with van der Waals surface area (Å²) in [6.45, 7) is 4.90. The predicted octanol–water partition coefficient (Wildman–Crippen LogP) is 3.29. The summed E-state index contributed by atoms with van der Waals surface area (Å²) in [4.78, 5) is 3.72. The van der Waals surface area contributed by atoms with Gasteiger partial charge in [-0.25, -0.2) is 0 Å². The molecule has 2 aliphatic rings. The molecule has 1 spiro atoms. The van der Waals surface area contributed by atoms with Crippen LogP contribution < -0.4 is 0 Å². The fourth-order valence-electron chi connectivity index (χ4n) is 3.14. The zero-order chi connectivity index (χ0) is 13.5. The Hall–Kier alpha value is -0.530. The van der Waals surface area contributed by atoms with E-state index in [2.05, 4.69) is 23.8 Å². The van der Waals surface area contributed by atoms with Crippen LogP contribution in [0, 0.1) is 12.3 Å². The van der Waals surface area contributed by atoms with E-state index in [1.165, 1.54) is 10.4 Å². The van der Waals surface area contributed by atoms with Gasteiger partial charge in [-0.15, -0.1) is 17.8 Å². The van der Waals surface area contributed by atoms with Crippen molar-refractivity contribution in [2.75, 3.05) is 19.7 Å². The molecule has 19 heavy (non-hydrogen) atoms. The molecule has 0 bridgehead atoms. The quantitative estimate of drug-likeness (QED) is 0.737. The number of nitrogens with zero attached hydrogens (tertiary/aromatic N) is 1. The molecular weight excluding hydrogens is 278 g/mol. The van der Waals surface area contributed by atoms with Gasteiger partial charge in [0.15, 0.2) is 0 Å². The number of thiophene rings is 1. The Morgan fingerprint density at radius 2 is 2.26 bits per heavy atom. The molecule has 2 nitrogen and oxygen atoms in total. The van der Waals surface area contributed by atoms with Gasteiger partial charge in [0.25, 0.3) is 0 Å². The molecule has 0 N–H and O–H groups in total. The molecule has 0 aromatic carbocycles. The number of terminal acetylenes is 1. The number of piperidine rings is 1. The molecule has 1 fully saturated rings.